The van der Waals surface area contributed by atoms with Crippen LogP contribution < -0.4 is 10.5 Å². The summed E-state index contributed by atoms with van der Waals surface area (Å²) in [6.45, 7) is 0. The first-order chi connectivity index (χ1) is 9.65. The second-order valence-electron chi connectivity index (χ2n) is 4.25. The molecule has 0 aliphatic rings. The Hall–Kier alpha value is -2.69. The number of aromatic nitrogens is 1. The highest BCUT2D eigenvalue weighted by Crippen LogP contribution is 2.34. The van der Waals surface area contributed by atoms with Gasteiger partial charge < -0.3 is 10.5 Å². The number of benzene rings is 2. The van der Waals surface area contributed by atoms with E-state index < -0.39 is 11.6 Å². The lowest BCUT2D eigenvalue weighted by Gasteiger charge is -2.11. The van der Waals surface area contributed by atoms with Crippen molar-refractivity contribution in [3.05, 3.63) is 60.4 Å². The smallest absolute Gasteiger partial charge is 0.168 e. The minimum Gasteiger partial charge on any atom is -0.452 e. The molecule has 2 N–H and O–H groups in total. The van der Waals surface area contributed by atoms with Crippen LogP contribution in [0.5, 0.6) is 11.5 Å². The minimum absolute atomic E-state index is 0.0773. The largest absolute Gasteiger partial charge is 0.452 e. The van der Waals surface area contributed by atoms with E-state index in [4.69, 9.17) is 10.5 Å². The summed E-state index contributed by atoms with van der Waals surface area (Å²) in [7, 11) is 0. The van der Waals surface area contributed by atoms with E-state index in [0.717, 1.165) is 22.9 Å². The predicted molar refractivity (Wildman–Crippen MR) is 72.6 cm³/mol. The number of pyridine rings is 1. The average molecular weight is 272 g/mol. The molecule has 0 unspecified atom stereocenters. The minimum atomic E-state index is -0.778. The van der Waals surface area contributed by atoms with Crippen molar-refractivity contribution in [3.63, 3.8) is 0 Å². The number of ether oxygens (including phenoxy) is 1. The van der Waals surface area contributed by atoms with Crippen molar-refractivity contribution in [1.29, 1.82) is 0 Å². The third kappa shape index (κ3) is 2.14. The number of fused-ring (bicyclic) bond motifs is 1. The summed E-state index contributed by atoms with van der Waals surface area (Å²) >= 11 is 0. The van der Waals surface area contributed by atoms with Gasteiger partial charge in [0.15, 0.2) is 17.3 Å². The van der Waals surface area contributed by atoms with Gasteiger partial charge >= 0.3 is 0 Å². The first-order valence-corrected chi connectivity index (χ1v) is 5.90. The zero-order chi connectivity index (χ0) is 14.1. The summed E-state index contributed by atoms with van der Waals surface area (Å²) in [5, 5.41) is 1.62. The second kappa shape index (κ2) is 4.77. The molecule has 0 saturated heterocycles. The molecular weight excluding hydrogens is 262 g/mol. The highest BCUT2D eigenvalue weighted by Gasteiger charge is 2.10. The van der Waals surface area contributed by atoms with Crippen molar-refractivity contribution in [1.82, 2.24) is 4.98 Å². The first kappa shape index (κ1) is 12.3. The van der Waals surface area contributed by atoms with Gasteiger partial charge in [0.25, 0.3) is 0 Å². The molecule has 0 bridgehead atoms. The molecule has 0 aliphatic heterocycles. The van der Waals surface area contributed by atoms with E-state index >= 15 is 0 Å². The molecule has 3 aromatic rings. The number of hydrogen-bond acceptors (Lipinski definition) is 3. The Bertz CT molecular complexity index is 790. The van der Waals surface area contributed by atoms with Crippen LogP contribution in [0.25, 0.3) is 10.8 Å². The Kier molecular flexibility index (Phi) is 2.95. The van der Waals surface area contributed by atoms with E-state index in [-0.39, 0.29) is 5.75 Å². The van der Waals surface area contributed by atoms with Crippen LogP contribution in [-0.2, 0) is 0 Å². The van der Waals surface area contributed by atoms with Crippen LogP contribution in [0.15, 0.2) is 48.8 Å². The molecular formula is C15H10F2N2O. The van der Waals surface area contributed by atoms with E-state index in [9.17, 15) is 8.78 Å². The quantitative estimate of drug-likeness (QED) is 0.720. The van der Waals surface area contributed by atoms with E-state index in [2.05, 4.69) is 4.98 Å². The molecule has 0 spiro atoms. The van der Waals surface area contributed by atoms with Gasteiger partial charge in [0, 0.05) is 29.2 Å². The highest BCUT2D eigenvalue weighted by molar-refractivity contribution is 5.95. The predicted octanol–water partition coefficient (Wildman–Crippen LogP) is 3.89. The standard InChI is InChI=1S/C15H10F2N2O/c16-10-2-4-13(12(17)7-10)20-14-3-1-9-8-19-6-5-11(9)15(14)18/h1-8H,18H2. The fourth-order valence-electron chi connectivity index (χ4n) is 1.94. The van der Waals surface area contributed by atoms with Gasteiger partial charge in [0.2, 0.25) is 0 Å². The van der Waals surface area contributed by atoms with Gasteiger partial charge in [0.1, 0.15) is 5.82 Å². The van der Waals surface area contributed by atoms with Gasteiger partial charge in [-0.15, -0.1) is 0 Å². The van der Waals surface area contributed by atoms with Gasteiger partial charge in [-0.3, -0.25) is 4.98 Å². The molecule has 20 heavy (non-hydrogen) atoms. The van der Waals surface area contributed by atoms with Crippen LogP contribution in [0, 0.1) is 11.6 Å². The van der Waals surface area contributed by atoms with Crippen LogP contribution in [0.2, 0.25) is 0 Å². The maximum absolute atomic E-state index is 13.6. The summed E-state index contributed by atoms with van der Waals surface area (Å²) in [4.78, 5) is 3.99. The van der Waals surface area contributed by atoms with Crippen molar-refractivity contribution >= 4 is 16.5 Å². The molecule has 1 aromatic heterocycles. The summed E-state index contributed by atoms with van der Waals surface area (Å²) in [6, 6.07) is 8.26. The molecule has 3 rings (SSSR count). The van der Waals surface area contributed by atoms with Crippen molar-refractivity contribution in [2.75, 3.05) is 5.73 Å². The molecule has 0 amide bonds. The number of nitrogen functional groups attached to an aromatic ring is 1. The fourth-order valence-corrected chi connectivity index (χ4v) is 1.94. The fraction of sp³-hybridized carbons (Fsp3) is 0. The van der Waals surface area contributed by atoms with E-state index in [1.807, 2.05) is 0 Å². The SMILES string of the molecule is Nc1c(Oc2ccc(F)cc2F)ccc2cnccc12. The second-order valence-corrected chi connectivity index (χ2v) is 4.25. The summed E-state index contributed by atoms with van der Waals surface area (Å²) < 4.78 is 31.8. The lowest BCUT2D eigenvalue weighted by molar-refractivity contribution is 0.440. The topological polar surface area (TPSA) is 48.1 Å². The van der Waals surface area contributed by atoms with E-state index in [1.165, 1.54) is 6.07 Å². The van der Waals surface area contributed by atoms with E-state index in [0.29, 0.717) is 11.4 Å². The number of hydrogen-bond donors (Lipinski definition) is 1. The Morgan fingerprint density at radius 2 is 1.80 bits per heavy atom. The van der Waals surface area contributed by atoms with Crippen molar-refractivity contribution in [2.45, 2.75) is 0 Å². The Morgan fingerprint density at radius 3 is 2.60 bits per heavy atom. The number of halogens is 2. The molecule has 0 atom stereocenters. The maximum atomic E-state index is 13.6. The van der Waals surface area contributed by atoms with Gasteiger partial charge in [-0.25, -0.2) is 8.78 Å². The van der Waals surface area contributed by atoms with Crippen LogP contribution in [0.1, 0.15) is 0 Å². The lowest BCUT2D eigenvalue weighted by atomic mass is 10.1. The highest BCUT2D eigenvalue weighted by atomic mass is 19.1. The number of nitrogens with zero attached hydrogens (tertiary/aromatic N) is 1. The van der Waals surface area contributed by atoms with Crippen LogP contribution >= 0.6 is 0 Å². The Balaban J connectivity index is 2.04. The van der Waals surface area contributed by atoms with Gasteiger partial charge in [0.05, 0.1) is 5.69 Å². The summed E-state index contributed by atoms with van der Waals surface area (Å²) in [6.07, 6.45) is 3.29. The van der Waals surface area contributed by atoms with Crippen LogP contribution in [0.4, 0.5) is 14.5 Å². The van der Waals surface area contributed by atoms with Gasteiger partial charge in [-0.2, -0.15) is 0 Å². The average Bonchev–Trinajstić information content (AvgIpc) is 2.45. The maximum Gasteiger partial charge on any atom is 0.168 e. The number of nitrogens with two attached hydrogens (primary N) is 1. The van der Waals surface area contributed by atoms with E-state index in [1.54, 1.807) is 30.6 Å². The van der Waals surface area contributed by atoms with Crippen molar-refractivity contribution in [3.8, 4) is 11.5 Å². The third-order valence-corrected chi connectivity index (χ3v) is 2.94. The molecule has 5 heteroatoms. The molecule has 100 valence electrons. The normalized spacial score (nSPS) is 10.7. The zero-order valence-corrected chi connectivity index (χ0v) is 10.3. The first-order valence-electron chi connectivity index (χ1n) is 5.90. The van der Waals surface area contributed by atoms with Gasteiger partial charge in [-0.1, -0.05) is 0 Å². The molecule has 0 saturated carbocycles. The molecule has 0 radical (unpaired) electrons. The summed E-state index contributed by atoms with van der Waals surface area (Å²) in [5.41, 5.74) is 6.38. The van der Waals surface area contributed by atoms with Crippen LogP contribution in [0.3, 0.4) is 0 Å². The Labute approximate surface area is 113 Å². The third-order valence-electron chi connectivity index (χ3n) is 2.94. The molecule has 1 heterocycles. The van der Waals surface area contributed by atoms with Crippen molar-refractivity contribution in [2.24, 2.45) is 0 Å². The van der Waals surface area contributed by atoms with Crippen LogP contribution in [-0.4, -0.2) is 4.98 Å². The zero-order valence-electron chi connectivity index (χ0n) is 10.3. The molecule has 0 aliphatic carbocycles. The monoisotopic (exact) mass is 272 g/mol. The van der Waals surface area contributed by atoms with Crippen molar-refractivity contribution < 1.29 is 13.5 Å². The summed E-state index contributed by atoms with van der Waals surface area (Å²) in [5.74, 6) is -1.20. The molecule has 3 nitrogen and oxygen atoms in total. The molecule has 0 fully saturated rings. The Morgan fingerprint density at radius 1 is 1.00 bits per heavy atom. The lowest BCUT2D eigenvalue weighted by Crippen LogP contribution is -1.95. The van der Waals surface area contributed by atoms with Gasteiger partial charge in [-0.05, 0) is 30.3 Å². The number of anilines is 1. The molecule has 2 aromatic carbocycles. The number of rotatable bonds is 2.